The Morgan fingerprint density at radius 3 is 2.40 bits per heavy atom. The molecular formula is C20H25ClFN2O+. The number of quaternary nitrogens is 1. The van der Waals surface area contributed by atoms with Crippen LogP contribution in [0.4, 0.5) is 10.1 Å². The molecule has 25 heavy (non-hydrogen) atoms. The fourth-order valence-electron chi connectivity index (χ4n) is 2.98. The molecule has 0 spiro atoms. The number of aryl methyl sites for hydroxylation is 2. The Balaban J connectivity index is 2.03. The molecule has 2 aromatic rings. The predicted molar refractivity (Wildman–Crippen MR) is 100 cm³/mol. The summed E-state index contributed by atoms with van der Waals surface area (Å²) in [4.78, 5) is 12.4. The van der Waals surface area contributed by atoms with Crippen molar-refractivity contribution >= 4 is 23.2 Å². The van der Waals surface area contributed by atoms with Gasteiger partial charge in [0.1, 0.15) is 11.9 Å². The summed E-state index contributed by atoms with van der Waals surface area (Å²) < 4.78 is 13.1. The van der Waals surface area contributed by atoms with Crippen molar-refractivity contribution in [2.24, 2.45) is 5.92 Å². The van der Waals surface area contributed by atoms with Gasteiger partial charge in [-0.25, -0.2) is 4.39 Å². The minimum atomic E-state index is -0.256. The van der Waals surface area contributed by atoms with E-state index in [0.717, 1.165) is 16.7 Å². The van der Waals surface area contributed by atoms with E-state index in [1.807, 2.05) is 31.3 Å². The topological polar surface area (TPSA) is 45.7 Å². The Bertz CT molecular complexity index is 721. The zero-order valence-electron chi connectivity index (χ0n) is 15.1. The van der Waals surface area contributed by atoms with Gasteiger partial charge in [-0.1, -0.05) is 43.6 Å². The molecule has 3 N–H and O–H groups in total. The fraction of sp³-hybridized carbons (Fsp3) is 0.350. The van der Waals surface area contributed by atoms with E-state index in [9.17, 15) is 9.18 Å². The summed E-state index contributed by atoms with van der Waals surface area (Å²) in [6.07, 6.45) is 0. The zero-order valence-corrected chi connectivity index (χ0v) is 15.8. The number of rotatable bonds is 6. The van der Waals surface area contributed by atoms with Crippen LogP contribution in [-0.2, 0) is 4.79 Å². The lowest BCUT2D eigenvalue weighted by atomic mass is 9.96. The second-order valence-corrected chi connectivity index (χ2v) is 7.16. The van der Waals surface area contributed by atoms with Gasteiger partial charge in [0, 0.05) is 11.5 Å². The zero-order chi connectivity index (χ0) is 18.6. The van der Waals surface area contributed by atoms with Crippen molar-refractivity contribution in [1.82, 2.24) is 0 Å². The molecule has 0 saturated heterocycles. The Labute approximate surface area is 153 Å². The SMILES string of the molecule is Cc1cc(C)c(NC(=O)C[NH2+][C@@H](c2ccc(F)cc2)C(C)C)c(Cl)c1. The molecule has 0 aromatic heterocycles. The molecule has 134 valence electrons. The van der Waals surface area contributed by atoms with Crippen LogP contribution in [0.1, 0.15) is 36.6 Å². The van der Waals surface area contributed by atoms with Crippen LogP contribution in [0.5, 0.6) is 0 Å². The Kier molecular flexibility index (Phi) is 6.57. The van der Waals surface area contributed by atoms with Gasteiger partial charge in [0.05, 0.1) is 10.7 Å². The number of carbonyl (C=O) groups excluding carboxylic acids is 1. The van der Waals surface area contributed by atoms with Crippen molar-refractivity contribution in [1.29, 1.82) is 0 Å². The second kappa shape index (κ2) is 8.45. The van der Waals surface area contributed by atoms with Crippen molar-refractivity contribution < 1.29 is 14.5 Å². The highest BCUT2D eigenvalue weighted by Gasteiger charge is 2.21. The molecule has 1 atom stereocenters. The Morgan fingerprint density at radius 1 is 1.20 bits per heavy atom. The Hall–Kier alpha value is -1.91. The van der Waals surface area contributed by atoms with Gasteiger partial charge in [0.2, 0.25) is 0 Å². The van der Waals surface area contributed by atoms with Gasteiger partial charge in [-0.15, -0.1) is 0 Å². The van der Waals surface area contributed by atoms with E-state index < -0.39 is 0 Å². The molecule has 0 aliphatic rings. The van der Waals surface area contributed by atoms with E-state index in [4.69, 9.17) is 11.6 Å². The van der Waals surface area contributed by atoms with E-state index >= 15 is 0 Å². The van der Waals surface area contributed by atoms with E-state index in [1.54, 1.807) is 12.1 Å². The highest BCUT2D eigenvalue weighted by atomic mass is 35.5. The van der Waals surface area contributed by atoms with Crippen LogP contribution in [0.15, 0.2) is 36.4 Å². The summed E-state index contributed by atoms with van der Waals surface area (Å²) in [5.41, 5.74) is 3.67. The maximum Gasteiger partial charge on any atom is 0.279 e. The summed E-state index contributed by atoms with van der Waals surface area (Å²) in [7, 11) is 0. The van der Waals surface area contributed by atoms with Gasteiger partial charge in [-0.2, -0.15) is 0 Å². The minimum absolute atomic E-state index is 0.0842. The van der Waals surface area contributed by atoms with Crippen molar-refractivity contribution in [3.05, 3.63) is 63.9 Å². The fourth-order valence-corrected chi connectivity index (χ4v) is 3.35. The molecule has 1 amide bonds. The lowest BCUT2D eigenvalue weighted by Crippen LogP contribution is -2.88. The van der Waals surface area contributed by atoms with Gasteiger partial charge >= 0.3 is 0 Å². The number of nitrogens with one attached hydrogen (secondary N) is 1. The molecule has 2 aromatic carbocycles. The largest absolute Gasteiger partial charge is 0.332 e. The number of amides is 1. The molecule has 3 nitrogen and oxygen atoms in total. The van der Waals surface area contributed by atoms with Crippen LogP contribution in [0, 0.1) is 25.6 Å². The molecule has 0 saturated carbocycles. The third kappa shape index (κ3) is 5.28. The van der Waals surface area contributed by atoms with E-state index in [1.165, 1.54) is 12.1 Å². The number of anilines is 1. The maximum absolute atomic E-state index is 13.1. The summed E-state index contributed by atoms with van der Waals surface area (Å²) in [5, 5.41) is 5.42. The molecule has 0 heterocycles. The molecule has 0 radical (unpaired) electrons. The van der Waals surface area contributed by atoms with Gasteiger partial charge < -0.3 is 10.6 Å². The number of hydrogen-bond donors (Lipinski definition) is 2. The second-order valence-electron chi connectivity index (χ2n) is 6.75. The molecule has 0 aliphatic heterocycles. The number of benzene rings is 2. The van der Waals surface area contributed by atoms with E-state index in [2.05, 4.69) is 19.2 Å². The van der Waals surface area contributed by atoms with Gasteiger partial charge in [-0.3, -0.25) is 4.79 Å². The highest BCUT2D eigenvalue weighted by molar-refractivity contribution is 6.34. The van der Waals surface area contributed by atoms with Crippen LogP contribution in [0.2, 0.25) is 5.02 Å². The monoisotopic (exact) mass is 363 g/mol. The average Bonchev–Trinajstić information content (AvgIpc) is 2.52. The van der Waals surface area contributed by atoms with Crippen LogP contribution in [0.3, 0.4) is 0 Å². The predicted octanol–water partition coefficient (Wildman–Crippen LogP) is 4.00. The number of nitrogens with two attached hydrogens (primary N) is 1. The van der Waals surface area contributed by atoms with Gasteiger partial charge in [0.15, 0.2) is 6.54 Å². The summed E-state index contributed by atoms with van der Waals surface area (Å²) in [6, 6.07) is 10.4. The lowest BCUT2D eigenvalue weighted by Gasteiger charge is -2.20. The van der Waals surface area contributed by atoms with Crippen LogP contribution >= 0.6 is 11.6 Å². The Morgan fingerprint density at radius 2 is 1.84 bits per heavy atom. The van der Waals surface area contributed by atoms with Crippen LogP contribution < -0.4 is 10.6 Å². The molecule has 0 fully saturated rings. The molecule has 5 heteroatoms. The molecule has 0 unspecified atom stereocenters. The lowest BCUT2D eigenvalue weighted by molar-refractivity contribution is -0.692. The first-order valence-electron chi connectivity index (χ1n) is 8.43. The standard InChI is InChI=1S/C20H24ClFN2O/c1-12(2)19(15-5-7-16(22)8-6-15)23-11-18(25)24-20-14(4)9-13(3)10-17(20)21/h5-10,12,19,23H,11H2,1-4H3,(H,24,25)/p+1/t19-/m1/s1. The average molecular weight is 364 g/mol. The minimum Gasteiger partial charge on any atom is -0.332 e. The first kappa shape index (κ1) is 19.4. The van der Waals surface area contributed by atoms with E-state index in [0.29, 0.717) is 16.6 Å². The van der Waals surface area contributed by atoms with E-state index in [-0.39, 0.29) is 24.3 Å². The quantitative estimate of drug-likeness (QED) is 0.800. The normalized spacial score (nSPS) is 12.3. The van der Waals surface area contributed by atoms with Crippen molar-refractivity contribution in [2.75, 3.05) is 11.9 Å². The van der Waals surface area contributed by atoms with Crippen molar-refractivity contribution in [3.63, 3.8) is 0 Å². The van der Waals surface area contributed by atoms with Gasteiger partial charge in [-0.05, 0) is 43.2 Å². The van der Waals surface area contributed by atoms with Crippen molar-refractivity contribution in [2.45, 2.75) is 33.7 Å². The van der Waals surface area contributed by atoms with Gasteiger partial charge in [0.25, 0.3) is 5.91 Å². The summed E-state index contributed by atoms with van der Waals surface area (Å²) >= 11 is 6.24. The molecular weight excluding hydrogens is 339 g/mol. The first-order chi connectivity index (χ1) is 11.8. The molecule has 0 bridgehead atoms. The summed E-state index contributed by atoms with van der Waals surface area (Å²) in [6.45, 7) is 8.33. The number of carbonyl (C=O) groups is 1. The highest BCUT2D eigenvalue weighted by Crippen LogP contribution is 2.27. The van der Waals surface area contributed by atoms with Crippen LogP contribution in [-0.4, -0.2) is 12.5 Å². The van der Waals surface area contributed by atoms with Crippen molar-refractivity contribution in [3.8, 4) is 0 Å². The molecule has 2 rings (SSSR count). The smallest absolute Gasteiger partial charge is 0.279 e. The van der Waals surface area contributed by atoms with Crippen LogP contribution in [0.25, 0.3) is 0 Å². The number of hydrogen-bond acceptors (Lipinski definition) is 1. The summed E-state index contributed by atoms with van der Waals surface area (Å²) in [5.74, 6) is -0.0573. The third-order valence-corrected chi connectivity index (χ3v) is 4.52. The number of halogens is 2. The third-order valence-electron chi connectivity index (χ3n) is 4.23. The first-order valence-corrected chi connectivity index (χ1v) is 8.81. The maximum atomic E-state index is 13.1. The molecule has 0 aliphatic carbocycles.